The number of thiazole rings is 1. The van der Waals surface area contributed by atoms with Gasteiger partial charge in [-0.05, 0) is 12.8 Å². The lowest BCUT2D eigenvalue weighted by molar-refractivity contribution is -0.135. The zero-order valence-corrected chi connectivity index (χ0v) is 16.6. The van der Waals surface area contributed by atoms with Gasteiger partial charge < -0.3 is 4.90 Å². The molecule has 0 saturated carbocycles. The molecule has 2 aromatic heterocycles. The second-order valence-corrected chi connectivity index (χ2v) is 8.26. The van der Waals surface area contributed by atoms with Crippen LogP contribution in [0.3, 0.4) is 0 Å². The number of hydrogen-bond acceptors (Lipinski definition) is 5. The summed E-state index contributed by atoms with van der Waals surface area (Å²) < 4.78 is 1.96. The number of hydrogen-bond donors (Lipinski definition) is 0. The van der Waals surface area contributed by atoms with Crippen molar-refractivity contribution in [1.29, 1.82) is 0 Å². The zero-order chi connectivity index (χ0) is 19.0. The van der Waals surface area contributed by atoms with E-state index in [0.717, 1.165) is 27.9 Å². The monoisotopic (exact) mass is 381 g/mol. The highest BCUT2D eigenvalue weighted by Crippen LogP contribution is 2.32. The molecular weight excluding hydrogens is 358 g/mol. The van der Waals surface area contributed by atoms with E-state index in [0.29, 0.717) is 19.5 Å². The van der Waals surface area contributed by atoms with E-state index in [1.54, 1.807) is 11.3 Å². The minimum Gasteiger partial charge on any atom is -0.330 e. The molecule has 3 heterocycles. The van der Waals surface area contributed by atoms with Crippen LogP contribution in [-0.2, 0) is 17.8 Å². The van der Waals surface area contributed by atoms with Gasteiger partial charge in [0.15, 0.2) is 11.6 Å². The number of fused-ring (bicyclic) bond motifs is 1. The van der Waals surface area contributed by atoms with Crippen LogP contribution in [0.4, 0.5) is 0 Å². The van der Waals surface area contributed by atoms with Gasteiger partial charge in [0.05, 0.1) is 29.7 Å². The van der Waals surface area contributed by atoms with E-state index in [9.17, 15) is 4.79 Å². The molecule has 0 spiro atoms. The molecule has 0 bridgehead atoms. The lowest BCUT2D eigenvalue weighted by atomic mass is 9.99. The maximum Gasteiger partial charge on any atom is 0.229 e. The average molecular weight is 382 g/mol. The normalized spacial score (nSPS) is 16.6. The molecule has 3 aromatic rings. The fraction of sp³-hybridized carbons (Fsp3) is 0.400. The highest BCUT2D eigenvalue weighted by Gasteiger charge is 2.36. The van der Waals surface area contributed by atoms with Gasteiger partial charge in [-0.2, -0.15) is 5.10 Å². The van der Waals surface area contributed by atoms with Gasteiger partial charge in [-0.15, -0.1) is 11.3 Å². The van der Waals surface area contributed by atoms with Gasteiger partial charge in [-0.1, -0.05) is 44.2 Å². The Morgan fingerprint density at radius 3 is 2.67 bits per heavy atom. The van der Waals surface area contributed by atoms with Crippen molar-refractivity contribution in [2.45, 2.75) is 39.8 Å². The molecule has 1 atom stereocenters. The van der Waals surface area contributed by atoms with Crippen molar-refractivity contribution in [2.75, 3.05) is 6.54 Å². The number of rotatable bonds is 4. The summed E-state index contributed by atoms with van der Waals surface area (Å²) >= 11 is 1.58. The molecule has 1 aliphatic heterocycles. The maximum atomic E-state index is 13.0. The van der Waals surface area contributed by atoms with Crippen LogP contribution >= 0.6 is 11.3 Å². The van der Waals surface area contributed by atoms with Gasteiger partial charge in [-0.3, -0.25) is 4.79 Å². The molecule has 4 rings (SSSR count). The van der Waals surface area contributed by atoms with Crippen molar-refractivity contribution in [3.63, 3.8) is 0 Å². The predicted octanol–water partition coefficient (Wildman–Crippen LogP) is 3.49. The smallest absolute Gasteiger partial charge is 0.229 e. The topological polar surface area (TPSA) is 63.9 Å². The molecule has 0 aliphatic carbocycles. The number of carbonyl (C=O) groups is 1. The lowest BCUT2D eigenvalue weighted by Gasteiger charge is -2.37. The van der Waals surface area contributed by atoms with E-state index in [4.69, 9.17) is 10.1 Å². The van der Waals surface area contributed by atoms with E-state index in [1.807, 2.05) is 52.2 Å². The quantitative estimate of drug-likeness (QED) is 0.694. The van der Waals surface area contributed by atoms with Gasteiger partial charge in [0.2, 0.25) is 5.91 Å². The first-order chi connectivity index (χ1) is 13.0. The molecule has 27 heavy (non-hydrogen) atoms. The van der Waals surface area contributed by atoms with E-state index in [-0.39, 0.29) is 17.9 Å². The zero-order valence-electron chi connectivity index (χ0n) is 15.8. The standard InChI is InChI=1S/C20H23N5OS/c1-13(2)18-20-22-19(15-7-5-4-6-8-15)23-25(20)10-9-24(18)17(26)11-16-12-27-14(3)21-16/h4-8,12-13,18H,9-11H2,1-3H3/t18-/m0/s1. The second kappa shape index (κ2) is 7.23. The van der Waals surface area contributed by atoms with Crippen molar-refractivity contribution in [3.8, 4) is 11.4 Å². The van der Waals surface area contributed by atoms with Gasteiger partial charge >= 0.3 is 0 Å². The Hall–Kier alpha value is -2.54. The van der Waals surface area contributed by atoms with Crippen LogP contribution in [0.15, 0.2) is 35.7 Å². The summed E-state index contributed by atoms with van der Waals surface area (Å²) in [6.45, 7) is 7.54. The van der Waals surface area contributed by atoms with Crippen LogP contribution < -0.4 is 0 Å². The molecule has 1 aliphatic rings. The fourth-order valence-corrected chi connectivity index (χ4v) is 4.22. The number of aromatic nitrogens is 4. The Morgan fingerprint density at radius 2 is 2.00 bits per heavy atom. The summed E-state index contributed by atoms with van der Waals surface area (Å²) in [4.78, 5) is 24.2. The predicted molar refractivity (Wildman–Crippen MR) is 105 cm³/mol. The Bertz CT molecular complexity index is 946. The van der Waals surface area contributed by atoms with Crippen LogP contribution in [0.25, 0.3) is 11.4 Å². The molecule has 6 nitrogen and oxygen atoms in total. The second-order valence-electron chi connectivity index (χ2n) is 7.19. The minimum atomic E-state index is -0.0732. The van der Waals surface area contributed by atoms with E-state index in [1.165, 1.54) is 0 Å². The highest BCUT2D eigenvalue weighted by molar-refractivity contribution is 7.09. The molecule has 7 heteroatoms. The van der Waals surface area contributed by atoms with Crippen LogP contribution in [0.5, 0.6) is 0 Å². The number of amides is 1. The molecular formula is C20H23N5OS. The molecule has 0 saturated heterocycles. The summed E-state index contributed by atoms with van der Waals surface area (Å²) in [5.41, 5.74) is 1.85. The summed E-state index contributed by atoms with van der Waals surface area (Å²) in [6.07, 6.45) is 0.341. The average Bonchev–Trinajstić information content (AvgIpc) is 3.27. The molecule has 0 fully saturated rings. The van der Waals surface area contributed by atoms with Crippen molar-refractivity contribution in [2.24, 2.45) is 5.92 Å². The van der Waals surface area contributed by atoms with Crippen LogP contribution in [0.1, 0.15) is 36.4 Å². The Labute approximate surface area is 162 Å². The Morgan fingerprint density at radius 1 is 1.22 bits per heavy atom. The maximum absolute atomic E-state index is 13.0. The van der Waals surface area contributed by atoms with E-state index in [2.05, 4.69) is 18.8 Å². The number of nitrogens with zero attached hydrogens (tertiary/aromatic N) is 5. The first kappa shape index (κ1) is 17.9. The summed E-state index contributed by atoms with van der Waals surface area (Å²) in [7, 11) is 0. The van der Waals surface area contributed by atoms with Gasteiger partial charge in [0.25, 0.3) is 0 Å². The van der Waals surface area contributed by atoms with Crippen molar-refractivity contribution in [1.82, 2.24) is 24.6 Å². The molecule has 0 radical (unpaired) electrons. The Kier molecular flexibility index (Phi) is 4.78. The summed E-state index contributed by atoms with van der Waals surface area (Å²) in [5.74, 6) is 1.95. The largest absolute Gasteiger partial charge is 0.330 e. The third-order valence-corrected chi connectivity index (χ3v) is 5.66. The minimum absolute atomic E-state index is 0.0732. The molecule has 1 aromatic carbocycles. The van der Waals surface area contributed by atoms with Crippen LogP contribution in [0, 0.1) is 12.8 Å². The third kappa shape index (κ3) is 3.51. The SMILES string of the molecule is Cc1nc(CC(=O)N2CCn3nc(-c4ccccc4)nc3[C@@H]2C(C)C)cs1. The lowest BCUT2D eigenvalue weighted by Crippen LogP contribution is -2.45. The summed E-state index contributed by atoms with van der Waals surface area (Å²) in [5, 5.41) is 7.65. The number of carbonyl (C=O) groups excluding carboxylic acids is 1. The van der Waals surface area contributed by atoms with Gasteiger partial charge in [0, 0.05) is 17.5 Å². The van der Waals surface area contributed by atoms with E-state index < -0.39 is 0 Å². The van der Waals surface area contributed by atoms with Crippen molar-refractivity contribution < 1.29 is 4.79 Å². The number of benzene rings is 1. The first-order valence-electron chi connectivity index (χ1n) is 9.23. The number of aryl methyl sites for hydroxylation is 1. The van der Waals surface area contributed by atoms with Crippen LogP contribution in [0.2, 0.25) is 0 Å². The molecule has 0 unspecified atom stereocenters. The van der Waals surface area contributed by atoms with Gasteiger partial charge in [-0.25, -0.2) is 14.6 Å². The third-order valence-electron chi connectivity index (χ3n) is 4.84. The van der Waals surface area contributed by atoms with Crippen molar-refractivity contribution >= 4 is 17.2 Å². The Balaban J connectivity index is 1.63. The van der Waals surface area contributed by atoms with Crippen molar-refractivity contribution in [3.05, 3.63) is 52.2 Å². The molecule has 140 valence electrons. The van der Waals surface area contributed by atoms with Crippen LogP contribution in [-0.4, -0.2) is 37.1 Å². The molecule has 0 N–H and O–H groups in total. The first-order valence-corrected chi connectivity index (χ1v) is 10.1. The highest BCUT2D eigenvalue weighted by atomic mass is 32.1. The van der Waals surface area contributed by atoms with Gasteiger partial charge in [0.1, 0.15) is 0 Å². The fourth-order valence-electron chi connectivity index (χ4n) is 3.61. The summed E-state index contributed by atoms with van der Waals surface area (Å²) in [6, 6.07) is 9.91. The van der Waals surface area contributed by atoms with E-state index >= 15 is 0 Å². The molecule has 1 amide bonds.